The molecule has 0 spiro atoms. The zero-order valence-electron chi connectivity index (χ0n) is 20.0. The van der Waals surface area contributed by atoms with Gasteiger partial charge in [0.15, 0.2) is 11.5 Å². The van der Waals surface area contributed by atoms with E-state index in [1.165, 1.54) is 31.9 Å². The number of aryl methyl sites for hydroxylation is 1. The molecule has 0 aromatic heterocycles. The van der Waals surface area contributed by atoms with Crippen molar-refractivity contribution in [2.45, 2.75) is 45.6 Å². The van der Waals surface area contributed by atoms with Crippen LogP contribution in [0.15, 0.2) is 42.5 Å². The van der Waals surface area contributed by atoms with Crippen LogP contribution in [-0.4, -0.2) is 52.9 Å². The molecule has 0 atom stereocenters. The van der Waals surface area contributed by atoms with E-state index >= 15 is 0 Å². The van der Waals surface area contributed by atoms with Crippen LogP contribution in [-0.2, 0) is 27.8 Å². The summed E-state index contributed by atoms with van der Waals surface area (Å²) in [6, 6.07) is 12.7. The van der Waals surface area contributed by atoms with Crippen LogP contribution >= 0.6 is 0 Å². The molecule has 0 fully saturated rings. The Morgan fingerprint density at radius 2 is 1.64 bits per heavy atom. The van der Waals surface area contributed by atoms with Gasteiger partial charge in [0.1, 0.15) is 0 Å². The first-order chi connectivity index (χ1) is 15.8. The summed E-state index contributed by atoms with van der Waals surface area (Å²) < 4.78 is 38.6. The average molecular weight is 478 g/mol. The van der Waals surface area contributed by atoms with Crippen LogP contribution in [0.1, 0.15) is 54.1 Å². The molecule has 0 N–H and O–H groups in total. The number of carbonyl (C=O) groups excluding carboxylic acids is 1. The number of amides is 1. The molecular formula is C25H35NO6S. The number of nitrogens with zero attached hydrogens (tertiary/aromatic N) is 1. The fourth-order valence-corrected chi connectivity index (χ4v) is 3.93. The third-order valence-corrected chi connectivity index (χ3v) is 5.70. The van der Waals surface area contributed by atoms with Crippen LogP contribution in [0.3, 0.4) is 0 Å². The van der Waals surface area contributed by atoms with Gasteiger partial charge in [-0.1, -0.05) is 44.4 Å². The molecule has 7 nitrogen and oxygen atoms in total. The molecule has 1 amide bonds. The van der Waals surface area contributed by atoms with Crippen molar-refractivity contribution < 1.29 is 26.9 Å². The fraction of sp³-hybridized carbons (Fsp3) is 0.480. The molecule has 0 radical (unpaired) electrons. The maximum Gasteiger partial charge on any atom is 0.306 e. The Bertz CT molecular complexity index is 988. The minimum Gasteiger partial charge on any atom is -0.493 e. The molecule has 0 bridgehead atoms. The van der Waals surface area contributed by atoms with Gasteiger partial charge in [0.05, 0.1) is 20.0 Å². The van der Waals surface area contributed by atoms with Gasteiger partial charge in [0.25, 0.3) is 5.91 Å². The first-order valence-electron chi connectivity index (χ1n) is 11.2. The molecule has 0 aliphatic heterocycles. The Morgan fingerprint density at radius 1 is 0.939 bits per heavy atom. The summed E-state index contributed by atoms with van der Waals surface area (Å²) in [6.45, 7) is 3.23. The molecule has 0 aliphatic rings. The molecule has 2 aromatic rings. The molecule has 0 unspecified atom stereocenters. The minimum atomic E-state index is -3.72. The first-order valence-corrected chi connectivity index (χ1v) is 13.0. The van der Waals surface area contributed by atoms with Crippen LogP contribution in [0.4, 0.5) is 0 Å². The van der Waals surface area contributed by atoms with Crippen molar-refractivity contribution in [2.75, 3.05) is 33.6 Å². The van der Waals surface area contributed by atoms with E-state index in [-0.39, 0.29) is 18.2 Å². The topological polar surface area (TPSA) is 82.1 Å². The Kier molecular flexibility index (Phi) is 10.7. The molecule has 8 heteroatoms. The van der Waals surface area contributed by atoms with Crippen LogP contribution in [0, 0.1) is 0 Å². The van der Waals surface area contributed by atoms with Crippen LogP contribution in [0.25, 0.3) is 0 Å². The summed E-state index contributed by atoms with van der Waals surface area (Å²) in [7, 11) is -0.702. The van der Waals surface area contributed by atoms with Crippen LogP contribution in [0.2, 0.25) is 0 Å². The minimum absolute atomic E-state index is 0.0871. The Hall–Kier alpha value is -2.58. The van der Waals surface area contributed by atoms with Gasteiger partial charge in [-0.15, -0.1) is 0 Å². The van der Waals surface area contributed by atoms with E-state index in [0.717, 1.165) is 19.1 Å². The highest BCUT2D eigenvalue weighted by Gasteiger charge is 2.18. The van der Waals surface area contributed by atoms with E-state index in [9.17, 15) is 13.2 Å². The number of hydrogen-bond donors (Lipinski definition) is 0. The van der Waals surface area contributed by atoms with Crippen molar-refractivity contribution in [1.29, 1.82) is 0 Å². The standard InChI is InChI=1S/C25H35NO6S/c1-5-6-7-8-9-20-10-13-22(14-11-20)25(27)26(16-17-30-2)19-21-12-15-23(31-3)24(18-21)32-33(4,28)29/h10-15,18H,5-9,16-17,19H2,1-4H3. The zero-order valence-corrected chi connectivity index (χ0v) is 20.8. The van der Waals surface area contributed by atoms with Gasteiger partial charge >= 0.3 is 10.1 Å². The number of carbonyl (C=O) groups is 1. The summed E-state index contributed by atoms with van der Waals surface area (Å²) in [5.41, 5.74) is 2.54. The van der Waals surface area contributed by atoms with Gasteiger partial charge in [0.2, 0.25) is 0 Å². The van der Waals surface area contributed by atoms with Crippen LogP contribution in [0.5, 0.6) is 11.5 Å². The Labute approximate surface area is 197 Å². The smallest absolute Gasteiger partial charge is 0.306 e. The fourth-order valence-electron chi connectivity index (χ4n) is 3.47. The number of rotatable bonds is 14. The molecule has 0 saturated heterocycles. The predicted octanol–water partition coefficient (Wildman–Crippen LogP) is 4.45. The number of benzene rings is 2. The first kappa shape index (κ1) is 26.7. The van der Waals surface area contributed by atoms with Crippen molar-refractivity contribution in [3.63, 3.8) is 0 Å². The third-order valence-electron chi connectivity index (χ3n) is 5.22. The average Bonchev–Trinajstić information content (AvgIpc) is 2.78. The maximum atomic E-state index is 13.2. The van der Waals surface area contributed by atoms with Crippen molar-refractivity contribution in [2.24, 2.45) is 0 Å². The second-order valence-corrected chi connectivity index (χ2v) is 9.57. The zero-order chi connectivity index (χ0) is 24.3. The van der Waals surface area contributed by atoms with Crippen molar-refractivity contribution in [1.82, 2.24) is 4.90 Å². The summed E-state index contributed by atoms with van der Waals surface area (Å²) in [6.07, 6.45) is 6.80. The number of ether oxygens (including phenoxy) is 2. The molecule has 2 rings (SSSR count). The molecule has 2 aromatic carbocycles. The molecule has 33 heavy (non-hydrogen) atoms. The van der Waals surface area contributed by atoms with Gasteiger partial charge in [-0.05, 0) is 48.2 Å². The largest absolute Gasteiger partial charge is 0.493 e. The quantitative estimate of drug-likeness (QED) is 0.295. The van der Waals surface area contributed by atoms with E-state index < -0.39 is 10.1 Å². The van der Waals surface area contributed by atoms with E-state index in [0.29, 0.717) is 30.0 Å². The van der Waals surface area contributed by atoms with E-state index in [1.54, 1.807) is 30.2 Å². The second-order valence-electron chi connectivity index (χ2n) is 8.00. The van der Waals surface area contributed by atoms with Gasteiger partial charge in [0, 0.05) is 25.8 Å². The normalized spacial score (nSPS) is 11.3. The van der Waals surface area contributed by atoms with Crippen molar-refractivity contribution in [3.8, 4) is 11.5 Å². The molecule has 182 valence electrons. The van der Waals surface area contributed by atoms with E-state index in [4.69, 9.17) is 13.7 Å². The summed E-state index contributed by atoms with van der Waals surface area (Å²) >= 11 is 0. The van der Waals surface area contributed by atoms with Crippen molar-refractivity contribution >= 4 is 16.0 Å². The predicted molar refractivity (Wildman–Crippen MR) is 129 cm³/mol. The maximum absolute atomic E-state index is 13.2. The van der Waals surface area contributed by atoms with Gasteiger partial charge in [-0.2, -0.15) is 8.42 Å². The molecule has 0 saturated carbocycles. The molecular weight excluding hydrogens is 442 g/mol. The Balaban J connectivity index is 2.17. The van der Waals surface area contributed by atoms with E-state index in [2.05, 4.69) is 6.92 Å². The summed E-state index contributed by atoms with van der Waals surface area (Å²) in [5, 5.41) is 0. The number of unbranched alkanes of at least 4 members (excludes halogenated alkanes) is 3. The number of methoxy groups -OCH3 is 2. The van der Waals surface area contributed by atoms with Gasteiger partial charge < -0.3 is 18.6 Å². The lowest BCUT2D eigenvalue weighted by Crippen LogP contribution is -2.33. The van der Waals surface area contributed by atoms with E-state index in [1.807, 2.05) is 24.3 Å². The highest BCUT2D eigenvalue weighted by atomic mass is 32.2. The van der Waals surface area contributed by atoms with Crippen molar-refractivity contribution in [3.05, 3.63) is 59.2 Å². The monoisotopic (exact) mass is 477 g/mol. The lowest BCUT2D eigenvalue weighted by molar-refractivity contribution is 0.0680. The lowest BCUT2D eigenvalue weighted by atomic mass is 10.0. The number of hydrogen-bond acceptors (Lipinski definition) is 6. The lowest BCUT2D eigenvalue weighted by Gasteiger charge is -2.23. The SMILES string of the molecule is CCCCCCc1ccc(C(=O)N(CCOC)Cc2ccc(OC)c(OS(C)(=O)=O)c2)cc1. The third kappa shape index (κ3) is 9.06. The highest BCUT2D eigenvalue weighted by molar-refractivity contribution is 7.86. The van der Waals surface area contributed by atoms with Gasteiger partial charge in [-0.25, -0.2) is 0 Å². The Morgan fingerprint density at radius 3 is 2.24 bits per heavy atom. The van der Waals surface area contributed by atoms with Gasteiger partial charge in [-0.3, -0.25) is 4.79 Å². The van der Waals surface area contributed by atoms with Crippen LogP contribution < -0.4 is 8.92 Å². The summed E-state index contributed by atoms with van der Waals surface area (Å²) in [5.74, 6) is 0.267. The molecule has 0 heterocycles. The summed E-state index contributed by atoms with van der Waals surface area (Å²) in [4.78, 5) is 14.9. The highest BCUT2D eigenvalue weighted by Crippen LogP contribution is 2.30. The second kappa shape index (κ2) is 13.2. The molecule has 0 aliphatic carbocycles.